The minimum absolute atomic E-state index is 0.271. The molecule has 1 aromatic heterocycles. The molecule has 0 radical (unpaired) electrons. The van der Waals surface area contributed by atoms with E-state index in [9.17, 15) is 0 Å². The minimum atomic E-state index is 0.271. The van der Waals surface area contributed by atoms with Crippen LogP contribution >= 0.6 is 0 Å². The second-order valence-corrected chi connectivity index (χ2v) is 3.71. The fraction of sp³-hybridized carbons (Fsp3) is 0.818. The molecule has 0 aliphatic heterocycles. The number of nitrogens with zero attached hydrogens (tertiary/aromatic N) is 3. The van der Waals surface area contributed by atoms with Crippen molar-refractivity contribution in [3.8, 4) is 0 Å². The molecule has 5 nitrogen and oxygen atoms in total. The maximum Gasteiger partial charge on any atom is 0.0757 e. The van der Waals surface area contributed by atoms with Gasteiger partial charge in [-0.1, -0.05) is 12.1 Å². The molecule has 0 aromatic carbocycles. The van der Waals surface area contributed by atoms with Gasteiger partial charge in [0.2, 0.25) is 0 Å². The molecular weight excluding hydrogens is 204 g/mol. The van der Waals surface area contributed by atoms with Gasteiger partial charge in [0, 0.05) is 19.8 Å². The van der Waals surface area contributed by atoms with E-state index in [1.54, 1.807) is 0 Å². The van der Waals surface area contributed by atoms with E-state index < -0.39 is 0 Å². The average molecular weight is 226 g/mol. The van der Waals surface area contributed by atoms with Crippen molar-refractivity contribution in [1.29, 1.82) is 0 Å². The van der Waals surface area contributed by atoms with Gasteiger partial charge in [-0.2, -0.15) is 0 Å². The Morgan fingerprint density at radius 1 is 1.50 bits per heavy atom. The van der Waals surface area contributed by atoms with Gasteiger partial charge in [-0.15, -0.1) is 5.10 Å². The third-order valence-corrected chi connectivity index (χ3v) is 2.54. The van der Waals surface area contributed by atoms with Crippen molar-refractivity contribution in [3.05, 3.63) is 11.9 Å². The van der Waals surface area contributed by atoms with Crippen LogP contribution in [0.15, 0.2) is 6.20 Å². The molecule has 0 spiro atoms. The fourth-order valence-electron chi connectivity index (χ4n) is 1.71. The first-order valence-corrected chi connectivity index (χ1v) is 5.96. The predicted molar refractivity (Wildman–Crippen MR) is 63.2 cm³/mol. The van der Waals surface area contributed by atoms with Crippen LogP contribution in [-0.2, 0) is 11.3 Å². The van der Waals surface area contributed by atoms with Crippen LogP contribution in [0.25, 0.3) is 0 Å². The minimum Gasteiger partial charge on any atom is -0.382 e. The van der Waals surface area contributed by atoms with Crippen molar-refractivity contribution >= 4 is 0 Å². The Hall–Kier alpha value is -0.940. The highest BCUT2D eigenvalue weighted by Crippen LogP contribution is 2.15. The van der Waals surface area contributed by atoms with Gasteiger partial charge in [0.25, 0.3) is 0 Å². The quantitative estimate of drug-likeness (QED) is 0.680. The van der Waals surface area contributed by atoms with Gasteiger partial charge in [0.1, 0.15) is 0 Å². The number of rotatable bonds is 8. The van der Waals surface area contributed by atoms with Crippen molar-refractivity contribution in [2.45, 2.75) is 39.3 Å². The first-order chi connectivity index (χ1) is 7.83. The fourth-order valence-corrected chi connectivity index (χ4v) is 1.71. The highest BCUT2D eigenvalue weighted by molar-refractivity contribution is 5.01. The molecule has 1 aromatic rings. The van der Waals surface area contributed by atoms with E-state index in [-0.39, 0.29) is 6.04 Å². The SMILES string of the molecule is CCCn1nncc1C(CCOCC)NC. The Kier molecular flexibility index (Phi) is 6.03. The van der Waals surface area contributed by atoms with Crippen molar-refractivity contribution in [3.63, 3.8) is 0 Å². The molecule has 1 heterocycles. The van der Waals surface area contributed by atoms with E-state index in [0.717, 1.165) is 38.3 Å². The molecule has 0 fully saturated rings. The Bertz CT molecular complexity index is 287. The van der Waals surface area contributed by atoms with E-state index in [4.69, 9.17) is 4.74 Å². The lowest BCUT2D eigenvalue weighted by molar-refractivity contribution is 0.136. The second kappa shape index (κ2) is 7.35. The summed E-state index contributed by atoms with van der Waals surface area (Å²) in [6.07, 6.45) is 3.85. The van der Waals surface area contributed by atoms with Crippen LogP contribution in [0.3, 0.4) is 0 Å². The van der Waals surface area contributed by atoms with E-state index in [2.05, 4.69) is 22.6 Å². The third-order valence-electron chi connectivity index (χ3n) is 2.54. The van der Waals surface area contributed by atoms with Crippen molar-refractivity contribution in [1.82, 2.24) is 20.3 Å². The monoisotopic (exact) mass is 226 g/mol. The van der Waals surface area contributed by atoms with Crippen LogP contribution in [0.1, 0.15) is 38.4 Å². The molecule has 1 N–H and O–H groups in total. The molecule has 0 aliphatic carbocycles. The van der Waals surface area contributed by atoms with Gasteiger partial charge in [0.15, 0.2) is 0 Å². The zero-order chi connectivity index (χ0) is 11.8. The number of ether oxygens (including phenoxy) is 1. The molecule has 16 heavy (non-hydrogen) atoms. The molecule has 1 atom stereocenters. The molecule has 0 amide bonds. The van der Waals surface area contributed by atoms with Gasteiger partial charge in [-0.25, -0.2) is 4.68 Å². The molecule has 0 aliphatic rings. The summed E-state index contributed by atoms with van der Waals surface area (Å²) in [5.41, 5.74) is 1.14. The summed E-state index contributed by atoms with van der Waals surface area (Å²) in [6, 6.07) is 0.271. The van der Waals surface area contributed by atoms with E-state index in [1.807, 2.05) is 24.9 Å². The summed E-state index contributed by atoms with van der Waals surface area (Å²) >= 11 is 0. The number of hydrogen-bond acceptors (Lipinski definition) is 4. The van der Waals surface area contributed by atoms with Gasteiger partial charge in [-0.05, 0) is 26.8 Å². The third kappa shape index (κ3) is 3.57. The van der Waals surface area contributed by atoms with Crippen LogP contribution in [0.2, 0.25) is 0 Å². The molecule has 1 unspecified atom stereocenters. The van der Waals surface area contributed by atoms with Gasteiger partial charge in [-0.3, -0.25) is 0 Å². The molecule has 0 saturated carbocycles. The largest absolute Gasteiger partial charge is 0.382 e. The lowest BCUT2D eigenvalue weighted by Crippen LogP contribution is -2.22. The summed E-state index contributed by atoms with van der Waals surface area (Å²) in [5.74, 6) is 0. The van der Waals surface area contributed by atoms with Crippen LogP contribution in [0.4, 0.5) is 0 Å². The van der Waals surface area contributed by atoms with Crippen LogP contribution in [0, 0.1) is 0 Å². The summed E-state index contributed by atoms with van der Waals surface area (Å²) < 4.78 is 7.34. The maximum absolute atomic E-state index is 5.37. The van der Waals surface area contributed by atoms with Crippen molar-refractivity contribution < 1.29 is 4.74 Å². The lowest BCUT2D eigenvalue weighted by atomic mass is 10.1. The highest BCUT2D eigenvalue weighted by Gasteiger charge is 2.14. The number of hydrogen-bond donors (Lipinski definition) is 1. The summed E-state index contributed by atoms with van der Waals surface area (Å²) in [7, 11) is 1.96. The molecule has 5 heteroatoms. The van der Waals surface area contributed by atoms with Crippen LogP contribution < -0.4 is 5.32 Å². The van der Waals surface area contributed by atoms with Crippen molar-refractivity contribution in [2.75, 3.05) is 20.3 Å². The van der Waals surface area contributed by atoms with E-state index in [0.29, 0.717) is 0 Å². The zero-order valence-electron chi connectivity index (χ0n) is 10.4. The molecule has 0 bridgehead atoms. The van der Waals surface area contributed by atoms with Crippen molar-refractivity contribution in [2.24, 2.45) is 0 Å². The second-order valence-electron chi connectivity index (χ2n) is 3.71. The van der Waals surface area contributed by atoms with Crippen LogP contribution in [-0.4, -0.2) is 35.3 Å². The normalized spacial score (nSPS) is 12.9. The Labute approximate surface area is 97.2 Å². The van der Waals surface area contributed by atoms with Gasteiger partial charge in [0.05, 0.1) is 17.9 Å². The Balaban J connectivity index is 2.59. The maximum atomic E-state index is 5.37. The highest BCUT2D eigenvalue weighted by atomic mass is 16.5. The Morgan fingerprint density at radius 3 is 2.94 bits per heavy atom. The average Bonchev–Trinajstić information content (AvgIpc) is 2.73. The molecule has 1 rings (SSSR count). The number of aryl methyl sites for hydroxylation is 1. The smallest absolute Gasteiger partial charge is 0.0757 e. The Morgan fingerprint density at radius 2 is 2.31 bits per heavy atom. The topological polar surface area (TPSA) is 52.0 Å². The van der Waals surface area contributed by atoms with E-state index >= 15 is 0 Å². The zero-order valence-corrected chi connectivity index (χ0v) is 10.4. The standard InChI is InChI=1S/C11H22N4O/c1-4-7-15-11(9-13-14-15)10(12-3)6-8-16-5-2/h9-10,12H,4-8H2,1-3H3. The summed E-state index contributed by atoms with van der Waals surface area (Å²) in [6.45, 7) is 6.60. The number of aromatic nitrogens is 3. The lowest BCUT2D eigenvalue weighted by Gasteiger charge is -2.16. The summed E-state index contributed by atoms with van der Waals surface area (Å²) in [4.78, 5) is 0. The molecule has 0 saturated heterocycles. The summed E-state index contributed by atoms with van der Waals surface area (Å²) in [5, 5.41) is 11.3. The molecule has 92 valence electrons. The number of nitrogens with one attached hydrogen (secondary N) is 1. The van der Waals surface area contributed by atoms with Crippen LogP contribution in [0.5, 0.6) is 0 Å². The van der Waals surface area contributed by atoms with E-state index in [1.165, 1.54) is 0 Å². The van der Waals surface area contributed by atoms with Gasteiger partial charge >= 0.3 is 0 Å². The predicted octanol–water partition coefficient (Wildman–Crippen LogP) is 1.38. The first-order valence-electron chi connectivity index (χ1n) is 5.96. The first kappa shape index (κ1) is 13.1. The molecular formula is C11H22N4O. The van der Waals surface area contributed by atoms with Gasteiger partial charge < -0.3 is 10.1 Å².